The highest BCUT2D eigenvalue weighted by molar-refractivity contribution is 5.22. The van der Waals surface area contributed by atoms with Gasteiger partial charge in [0, 0.05) is 19.1 Å². The number of nitrogens with zero attached hydrogens (tertiary/aromatic N) is 1. The van der Waals surface area contributed by atoms with E-state index >= 15 is 0 Å². The molecule has 1 aromatic rings. The summed E-state index contributed by atoms with van der Waals surface area (Å²) >= 11 is 0. The maximum atomic E-state index is 3.35. The average molecular weight is 232 g/mol. The first-order chi connectivity index (χ1) is 8.29. The van der Waals surface area contributed by atoms with Crippen LogP contribution in [0.4, 0.5) is 0 Å². The minimum Gasteiger partial charge on any atom is -0.313 e. The minimum absolute atomic E-state index is 0.830. The van der Waals surface area contributed by atoms with Gasteiger partial charge in [0.2, 0.25) is 0 Å². The second kappa shape index (κ2) is 6.18. The van der Waals surface area contributed by atoms with Crippen molar-refractivity contribution < 1.29 is 0 Å². The monoisotopic (exact) mass is 232 g/mol. The predicted molar refractivity (Wildman–Crippen MR) is 72.9 cm³/mol. The molecular weight excluding hydrogens is 208 g/mol. The molecule has 1 fully saturated rings. The van der Waals surface area contributed by atoms with E-state index in [9.17, 15) is 0 Å². The smallest absolute Gasteiger partial charge is 0.0233 e. The molecule has 0 bridgehead atoms. The average Bonchev–Trinajstić information content (AvgIpc) is 2.26. The van der Waals surface area contributed by atoms with Crippen LogP contribution in [0.3, 0.4) is 0 Å². The standard InChI is InChI=1S/C15H24N2/c1-3-16-11-13-7-9-14(10-8-13)12-17(2)15-5-4-6-15/h7-10,15-16H,3-6,11-12H2,1-2H3. The van der Waals surface area contributed by atoms with Crippen LogP contribution in [-0.4, -0.2) is 24.5 Å². The van der Waals surface area contributed by atoms with Gasteiger partial charge in [-0.2, -0.15) is 0 Å². The predicted octanol–water partition coefficient (Wildman–Crippen LogP) is 2.78. The van der Waals surface area contributed by atoms with E-state index in [1.807, 2.05) is 0 Å². The van der Waals surface area contributed by atoms with E-state index in [0.29, 0.717) is 0 Å². The third-order valence-electron chi connectivity index (χ3n) is 3.73. The fourth-order valence-electron chi connectivity index (χ4n) is 2.28. The van der Waals surface area contributed by atoms with Crippen LogP contribution in [-0.2, 0) is 13.1 Å². The second-order valence-corrected chi connectivity index (χ2v) is 5.10. The maximum absolute atomic E-state index is 3.35. The van der Waals surface area contributed by atoms with Gasteiger partial charge in [-0.1, -0.05) is 37.6 Å². The van der Waals surface area contributed by atoms with Gasteiger partial charge in [0.1, 0.15) is 0 Å². The first-order valence-electron chi connectivity index (χ1n) is 6.78. The van der Waals surface area contributed by atoms with Gasteiger partial charge in [0.25, 0.3) is 0 Å². The van der Waals surface area contributed by atoms with Crippen molar-refractivity contribution in [2.24, 2.45) is 0 Å². The molecule has 0 aliphatic heterocycles. The van der Waals surface area contributed by atoms with Crippen molar-refractivity contribution in [2.75, 3.05) is 13.6 Å². The summed E-state index contributed by atoms with van der Waals surface area (Å²) in [7, 11) is 2.25. The summed E-state index contributed by atoms with van der Waals surface area (Å²) in [6, 6.07) is 9.85. The molecule has 1 N–H and O–H groups in total. The molecule has 1 aliphatic rings. The van der Waals surface area contributed by atoms with Gasteiger partial charge in [0.15, 0.2) is 0 Å². The summed E-state index contributed by atoms with van der Waals surface area (Å²) in [6.45, 7) is 5.25. The third kappa shape index (κ3) is 3.55. The Morgan fingerprint density at radius 3 is 2.35 bits per heavy atom. The molecule has 0 unspecified atom stereocenters. The van der Waals surface area contributed by atoms with Crippen LogP contribution >= 0.6 is 0 Å². The Bertz CT molecular complexity index is 327. The summed E-state index contributed by atoms with van der Waals surface area (Å²) in [4.78, 5) is 2.49. The van der Waals surface area contributed by atoms with Gasteiger partial charge in [-0.25, -0.2) is 0 Å². The lowest BCUT2D eigenvalue weighted by atomic mass is 9.91. The van der Waals surface area contributed by atoms with Crippen LogP contribution in [0.2, 0.25) is 0 Å². The molecule has 1 aromatic carbocycles. The molecule has 0 aromatic heterocycles. The molecule has 0 saturated heterocycles. The SMILES string of the molecule is CCNCc1ccc(CN(C)C2CCC2)cc1. The van der Waals surface area contributed by atoms with Crippen molar-refractivity contribution in [3.8, 4) is 0 Å². The first kappa shape index (κ1) is 12.6. The second-order valence-electron chi connectivity index (χ2n) is 5.10. The van der Waals surface area contributed by atoms with E-state index in [1.165, 1.54) is 30.4 Å². The largest absolute Gasteiger partial charge is 0.313 e. The van der Waals surface area contributed by atoms with Crippen LogP contribution in [0.15, 0.2) is 24.3 Å². The Kier molecular flexibility index (Phi) is 4.57. The molecule has 0 spiro atoms. The Hall–Kier alpha value is -0.860. The highest BCUT2D eigenvalue weighted by Gasteiger charge is 2.21. The lowest BCUT2D eigenvalue weighted by molar-refractivity contribution is 0.152. The molecule has 2 nitrogen and oxygen atoms in total. The quantitative estimate of drug-likeness (QED) is 0.811. The van der Waals surface area contributed by atoms with Gasteiger partial charge in [-0.05, 0) is 37.6 Å². The molecule has 0 heterocycles. The zero-order valence-corrected chi connectivity index (χ0v) is 11.1. The van der Waals surface area contributed by atoms with Gasteiger partial charge < -0.3 is 5.32 Å². The van der Waals surface area contributed by atoms with Crippen molar-refractivity contribution in [1.29, 1.82) is 0 Å². The molecule has 0 radical (unpaired) electrons. The summed E-state index contributed by atoms with van der Waals surface area (Å²) in [5.74, 6) is 0. The summed E-state index contributed by atoms with van der Waals surface area (Å²) in [5.41, 5.74) is 2.81. The summed E-state index contributed by atoms with van der Waals surface area (Å²) < 4.78 is 0. The van der Waals surface area contributed by atoms with Gasteiger partial charge in [-0.15, -0.1) is 0 Å². The fourth-order valence-corrected chi connectivity index (χ4v) is 2.28. The van der Waals surface area contributed by atoms with E-state index in [2.05, 4.69) is 48.5 Å². The number of rotatable bonds is 6. The van der Waals surface area contributed by atoms with Crippen molar-refractivity contribution in [2.45, 2.75) is 45.3 Å². The third-order valence-corrected chi connectivity index (χ3v) is 3.73. The highest BCUT2D eigenvalue weighted by atomic mass is 15.1. The van der Waals surface area contributed by atoms with Crippen LogP contribution in [0.1, 0.15) is 37.3 Å². The normalized spacial score (nSPS) is 16.2. The number of hydrogen-bond donors (Lipinski definition) is 1. The molecule has 1 saturated carbocycles. The molecule has 0 atom stereocenters. The van der Waals surface area contributed by atoms with Crippen molar-refractivity contribution in [1.82, 2.24) is 10.2 Å². The highest BCUT2D eigenvalue weighted by Crippen LogP contribution is 2.24. The maximum Gasteiger partial charge on any atom is 0.0233 e. The lowest BCUT2D eigenvalue weighted by Gasteiger charge is -2.34. The molecule has 0 amide bonds. The van der Waals surface area contributed by atoms with E-state index in [4.69, 9.17) is 0 Å². The van der Waals surface area contributed by atoms with Crippen molar-refractivity contribution in [3.05, 3.63) is 35.4 Å². The molecule has 2 rings (SSSR count). The van der Waals surface area contributed by atoms with Crippen LogP contribution in [0, 0.1) is 0 Å². The minimum atomic E-state index is 0.830. The lowest BCUT2D eigenvalue weighted by Crippen LogP contribution is -2.36. The first-order valence-corrected chi connectivity index (χ1v) is 6.78. The molecule has 17 heavy (non-hydrogen) atoms. The van der Waals surface area contributed by atoms with Crippen molar-refractivity contribution in [3.63, 3.8) is 0 Å². The van der Waals surface area contributed by atoms with Crippen LogP contribution in [0.25, 0.3) is 0 Å². The topological polar surface area (TPSA) is 15.3 Å². The number of hydrogen-bond acceptors (Lipinski definition) is 2. The summed E-state index contributed by atoms with van der Waals surface area (Å²) in [5, 5.41) is 3.35. The fraction of sp³-hybridized carbons (Fsp3) is 0.600. The van der Waals surface area contributed by atoms with Crippen LogP contribution < -0.4 is 5.32 Å². The zero-order chi connectivity index (χ0) is 12.1. The van der Waals surface area contributed by atoms with E-state index in [1.54, 1.807) is 0 Å². The van der Waals surface area contributed by atoms with Crippen LogP contribution in [0.5, 0.6) is 0 Å². The van der Waals surface area contributed by atoms with Crippen molar-refractivity contribution >= 4 is 0 Å². The van der Waals surface area contributed by atoms with Gasteiger partial charge in [-0.3, -0.25) is 4.90 Å². The Labute approximate surface area is 105 Å². The summed E-state index contributed by atoms with van der Waals surface area (Å²) in [6.07, 6.45) is 4.18. The van der Waals surface area contributed by atoms with E-state index < -0.39 is 0 Å². The number of nitrogens with one attached hydrogen (secondary N) is 1. The van der Waals surface area contributed by atoms with E-state index in [0.717, 1.165) is 25.7 Å². The Morgan fingerprint density at radius 1 is 1.18 bits per heavy atom. The number of benzene rings is 1. The molecular formula is C15H24N2. The Balaban J connectivity index is 1.84. The Morgan fingerprint density at radius 2 is 1.82 bits per heavy atom. The van der Waals surface area contributed by atoms with Gasteiger partial charge >= 0.3 is 0 Å². The molecule has 1 aliphatic carbocycles. The van der Waals surface area contributed by atoms with Gasteiger partial charge in [0.05, 0.1) is 0 Å². The molecule has 2 heteroatoms. The zero-order valence-electron chi connectivity index (χ0n) is 11.1. The van der Waals surface area contributed by atoms with E-state index in [-0.39, 0.29) is 0 Å². The molecule has 94 valence electrons.